The predicted octanol–water partition coefficient (Wildman–Crippen LogP) is 5.10. The molecule has 0 fully saturated rings. The fraction of sp³-hybridized carbons (Fsp3) is 0.267. The molecule has 0 spiro atoms. The Labute approximate surface area is 117 Å². The number of nitrogens with zero attached hydrogens (tertiary/aromatic N) is 1. The highest BCUT2D eigenvalue weighted by molar-refractivity contribution is 6.31. The van der Waals surface area contributed by atoms with Crippen LogP contribution in [0.5, 0.6) is 11.6 Å². The third kappa shape index (κ3) is 3.24. The summed E-state index contributed by atoms with van der Waals surface area (Å²) in [6, 6.07) is 8.19. The molecule has 2 aromatic rings. The van der Waals surface area contributed by atoms with Gasteiger partial charge in [0.1, 0.15) is 5.75 Å². The van der Waals surface area contributed by atoms with Crippen LogP contribution in [-0.4, -0.2) is 4.98 Å². The van der Waals surface area contributed by atoms with Crippen molar-refractivity contribution >= 4 is 11.6 Å². The van der Waals surface area contributed by atoms with Crippen molar-refractivity contribution in [2.24, 2.45) is 0 Å². The third-order valence-corrected chi connectivity index (χ3v) is 3.15. The molecule has 2 nitrogen and oxygen atoms in total. The van der Waals surface area contributed by atoms with E-state index in [1.165, 1.54) is 6.07 Å². The summed E-state index contributed by atoms with van der Waals surface area (Å²) in [6.45, 7) is 6.01. The van der Waals surface area contributed by atoms with Crippen molar-refractivity contribution in [2.45, 2.75) is 26.7 Å². The minimum absolute atomic E-state index is 0.236. The number of ether oxygens (including phenoxy) is 1. The Kier molecular flexibility index (Phi) is 4.05. The van der Waals surface area contributed by atoms with E-state index in [9.17, 15) is 4.39 Å². The molecular formula is C15H15ClFNO. The zero-order valence-electron chi connectivity index (χ0n) is 11.1. The van der Waals surface area contributed by atoms with Crippen LogP contribution in [0.4, 0.5) is 4.39 Å². The first-order chi connectivity index (χ1) is 8.97. The molecule has 0 unspecified atom stereocenters. The maximum absolute atomic E-state index is 13.0. The largest absolute Gasteiger partial charge is 0.439 e. The van der Waals surface area contributed by atoms with E-state index in [-0.39, 0.29) is 11.8 Å². The summed E-state index contributed by atoms with van der Waals surface area (Å²) in [6.07, 6.45) is 0. The van der Waals surface area contributed by atoms with Crippen molar-refractivity contribution in [1.82, 2.24) is 4.98 Å². The second kappa shape index (κ2) is 5.57. The van der Waals surface area contributed by atoms with E-state index in [2.05, 4.69) is 18.8 Å². The standard InChI is InChI=1S/C15H15ClFNO/c1-9(2)11-8-13(10(3)7-12(11)16)19-15-6-4-5-14(17)18-15/h4-9H,1-3H3. The summed E-state index contributed by atoms with van der Waals surface area (Å²) in [4.78, 5) is 3.68. The Morgan fingerprint density at radius 2 is 2.00 bits per heavy atom. The van der Waals surface area contributed by atoms with Gasteiger partial charge in [0.05, 0.1) is 0 Å². The summed E-state index contributed by atoms with van der Waals surface area (Å²) >= 11 is 6.19. The van der Waals surface area contributed by atoms with E-state index in [1.807, 2.05) is 19.1 Å². The van der Waals surface area contributed by atoms with Gasteiger partial charge < -0.3 is 4.74 Å². The number of hydrogen-bond acceptors (Lipinski definition) is 2. The van der Waals surface area contributed by atoms with Gasteiger partial charge in [-0.05, 0) is 42.2 Å². The zero-order valence-corrected chi connectivity index (χ0v) is 11.8. The first kappa shape index (κ1) is 13.8. The van der Waals surface area contributed by atoms with Gasteiger partial charge in [0.25, 0.3) is 0 Å². The van der Waals surface area contributed by atoms with Crippen LogP contribution in [0, 0.1) is 12.9 Å². The van der Waals surface area contributed by atoms with E-state index < -0.39 is 5.95 Å². The lowest BCUT2D eigenvalue weighted by molar-refractivity contribution is 0.441. The molecule has 0 bridgehead atoms. The molecule has 0 saturated heterocycles. The van der Waals surface area contributed by atoms with Crippen molar-refractivity contribution in [3.05, 3.63) is 52.4 Å². The van der Waals surface area contributed by atoms with Crippen molar-refractivity contribution in [3.63, 3.8) is 0 Å². The van der Waals surface area contributed by atoms with E-state index in [0.29, 0.717) is 10.8 Å². The first-order valence-electron chi connectivity index (χ1n) is 6.08. The normalized spacial score (nSPS) is 10.8. The molecule has 0 N–H and O–H groups in total. The molecule has 19 heavy (non-hydrogen) atoms. The van der Waals surface area contributed by atoms with Crippen molar-refractivity contribution in [1.29, 1.82) is 0 Å². The quantitative estimate of drug-likeness (QED) is 0.729. The van der Waals surface area contributed by atoms with Crippen LogP contribution < -0.4 is 4.74 Å². The van der Waals surface area contributed by atoms with E-state index in [1.54, 1.807) is 12.1 Å². The maximum atomic E-state index is 13.0. The second-order valence-electron chi connectivity index (χ2n) is 4.69. The fourth-order valence-electron chi connectivity index (χ4n) is 1.78. The number of aryl methyl sites for hydroxylation is 1. The monoisotopic (exact) mass is 279 g/mol. The Morgan fingerprint density at radius 3 is 2.63 bits per heavy atom. The van der Waals surface area contributed by atoms with Crippen LogP contribution in [0.3, 0.4) is 0 Å². The van der Waals surface area contributed by atoms with Gasteiger partial charge in [0.15, 0.2) is 0 Å². The molecule has 0 radical (unpaired) electrons. The minimum atomic E-state index is -0.562. The number of pyridine rings is 1. The lowest BCUT2D eigenvalue weighted by atomic mass is 10.0. The Hall–Kier alpha value is -1.61. The zero-order chi connectivity index (χ0) is 14.0. The molecule has 0 saturated carbocycles. The minimum Gasteiger partial charge on any atom is -0.439 e. The van der Waals surface area contributed by atoms with Gasteiger partial charge in [-0.1, -0.05) is 31.5 Å². The molecular weight excluding hydrogens is 265 g/mol. The average molecular weight is 280 g/mol. The van der Waals surface area contributed by atoms with Crippen LogP contribution in [0.25, 0.3) is 0 Å². The Balaban J connectivity index is 2.37. The Bertz CT molecular complexity index is 599. The summed E-state index contributed by atoms with van der Waals surface area (Å²) in [5.74, 6) is 0.607. The molecule has 4 heteroatoms. The van der Waals surface area contributed by atoms with E-state index in [0.717, 1.165) is 11.1 Å². The average Bonchev–Trinajstić information content (AvgIpc) is 2.32. The lowest BCUT2D eigenvalue weighted by Crippen LogP contribution is -1.96. The van der Waals surface area contributed by atoms with Crippen LogP contribution in [0.15, 0.2) is 30.3 Å². The number of aromatic nitrogens is 1. The van der Waals surface area contributed by atoms with E-state index in [4.69, 9.17) is 16.3 Å². The fourth-order valence-corrected chi connectivity index (χ4v) is 2.22. The smallest absolute Gasteiger partial charge is 0.221 e. The number of benzene rings is 1. The molecule has 1 aromatic heterocycles. The highest BCUT2D eigenvalue weighted by Gasteiger charge is 2.11. The molecule has 100 valence electrons. The number of rotatable bonds is 3. The van der Waals surface area contributed by atoms with Crippen molar-refractivity contribution < 1.29 is 9.13 Å². The van der Waals surface area contributed by atoms with Gasteiger partial charge in [-0.3, -0.25) is 0 Å². The third-order valence-electron chi connectivity index (χ3n) is 2.82. The molecule has 1 aromatic carbocycles. The van der Waals surface area contributed by atoms with Crippen LogP contribution in [-0.2, 0) is 0 Å². The highest BCUT2D eigenvalue weighted by atomic mass is 35.5. The lowest BCUT2D eigenvalue weighted by Gasteiger charge is -2.14. The van der Waals surface area contributed by atoms with E-state index >= 15 is 0 Å². The SMILES string of the molecule is Cc1cc(Cl)c(C(C)C)cc1Oc1cccc(F)n1. The van der Waals surface area contributed by atoms with Crippen LogP contribution >= 0.6 is 11.6 Å². The van der Waals surface area contributed by atoms with Crippen molar-refractivity contribution in [3.8, 4) is 11.6 Å². The Morgan fingerprint density at radius 1 is 1.26 bits per heavy atom. The summed E-state index contributed by atoms with van der Waals surface area (Å²) < 4.78 is 18.7. The molecule has 1 heterocycles. The molecule has 0 atom stereocenters. The molecule has 0 aliphatic carbocycles. The summed E-state index contributed by atoms with van der Waals surface area (Å²) in [7, 11) is 0. The molecule has 0 aliphatic rings. The second-order valence-corrected chi connectivity index (χ2v) is 5.10. The molecule has 0 amide bonds. The van der Waals surface area contributed by atoms with Gasteiger partial charge in [0, 0.05) is 11.1 Å². The van der Waals surface area contributed by atoms with Gasteiger partial charge in [0.2, 0.25) is 11.8 Å². The summed E-state index contributed by atoms with van der Waals surface area (Å²) in [5.41, 5.74) is 1.89. The highest BCUT2D eigenvalue weighted by Crippen LogP contribution is 2.33. The van der Waals surface area contributed by atoms with Crippen LogP contribution in [0.2, 0.25) is 5.02 Å². The molecule has 0 aliphatic heterocycles. The van der Waals surface area contributed by atoms with Gasteiger partial charge in [-0.15, -0.1) is 0 Å². The topological polar surface area (TPSA) is 22.1 Å². The number of halogens is 2. The summed E-state index contributed by atoms with van der Waals surface area (Å²) in [5, 5.41) is 0.715. The predicted molar refractivity (Wildman–Crippen MR) is 74.5 cm³/mol. The van der Waals surface area contributed by atoms with Gasteiger partial charge in [-0.2, -0.15) is 9.37 Å². The first-order valence-corrected chi connectivity index (χ1v) is 6.45. The van der Waals surface area contributed by atoms with Gasteiger partial charge >= 0.3 is 0 Å². The maximum Gasteiger partial charge on any atom is 0.221 e. The molecule has 2 rings (SSSR count). The van der Waals surface area contributed by atoms with Crippen molar-refractivity contribution in [2.75, 3.05) is 0 Å². The van der Waals surface area contributed by atoms with Gasteiger partial charge in [-0.25, -0.2) is 0 Å². The van der Waals surface area contributed by atoms with Crippen LogP contribution in [0.1, 0.15) is 30.9 Å². The number of hydrogen-bond donors (Lipinski definition) is 0.